The second kappa shape index (κ2) is 3.86. The Morgan fingerprint density at radius 1 is 1.17 bits per heavy atom. The molecule has 0 unspecified atom stereocenters. The average molecular weight is 258 g/mol. The summed E-state index contributed by atoms with van der Waals surface area (Å²) in [5, 5.41) is 6.40. The van der Waals surface area contributed by atoms with Crippen LogP contribution in [0.15, 0.2) is 18.2 Å². The van der Waals surface area contributed by atoms with Gasteiger partial charge in [0.2, 0.25) is 5.85 Å². The molecule has 0 amide bonds. The second-order valence-electron chi connectivity index (χ2n) is 4.60. The molecule has 1 aromatic carbocycles. The molecule has 1 saturated heterocycles. The molecule has 0 atom stereocenters. The van der Waals surface area contributed by atoms with Gasteiger partial charge < -0.3 is 4.74 Å². The van der Waals surface area contributed by atoms with Crippen molar-refractivity contribution in [2.75, 3.05) is 13.1 Å². The first-order valence-electron chi connectivity index (χ1n) is 5.88. The van der Waals surface area contributed by atoms with Crippen molar-refractivity contribution in [1.82, 2.24) is 10.6 Å². The Morgan fingerprint density at radius 2 is 1.89 bits per heavy atom. The summed E-state index contributed by atoms with van der Waals surface area (Å²) in [5.41, 5.74) is -0.000842. The fourth-order valence-electron chi connectivity index (χ4n) is 2.44. The minimum atomic E-state index is -4.30. The number of ether oxygens (including phenoxy) is 1. The summed E-state index contributed by atoms with van der Waals surface area (Å²) in [6.45, 7) is 1.60. The van der Waals surface area contributed by atoms with Gasteiger partial charge in [-0.1, -0.05) is 0 Å². The molecule has 1 fully saturated rings. The van der Waals surface area contributed by atoms with Crippen LogP contribution in [0.25, 0.3) is 0 Å². The largest absolute Gasteiger partial charge is 0.459 e. The Labute approximate surface area is 102 Å². The number of alkyl halides is 3. The molecule has 2 N–H and O–H groups in total. The normalized spacial score (nSPS) is 21.7. The third-order valence-electron chi connectivity index (χ3n) is 3.36. The monoisotopic (exact) mass is 258 g/mol. The topological polar surface area (TPSA) is 33.3 Å². The van der Waals surface area contributed by atoms with E-state index in [1.54, 1.807) is 0 Å². The first kappa shape index (κ1) is 11.8. The zero-order chi connectivity index (χ0) is 12.8. The van der Waals surface area contributed by atoms with E-state index in [-0.39, 0.29) is 0 Å². The van der Waals surface area contributed by atoms with Crippen LogP contribution in [0, 0.1) is 0 Å². The first-order valence-corrected chi connectivity index (χ1v) is 5.88. The lowest BCUT2D eigenvalue weighted by Gasteiger charge is -2.35. The van der Waals surface area contributed by atoms with Crippen LogP contribution in [0.5, 0.6) is 5.75 Å². The van der Waals surface area contributed by atoms with E-state index in [9.17, 15) is 13.2 Å². The van der Waals surface area contributed by atoms with Gasteiger partial charge in [-0.2, -0.15) is 13.2 Å². The maximum absolute atomic E-state index is 12.6. The van der Waals surface area contributed by atoms with Crippen molar-refractivity contribution < 1.29 is 17.9 Å². The molecular formula is C12H13F3N2O. The molecule has 0 aliphatic carbocycles. The minimum absolute atomic E-state index is 0.524. The minimum Gasteiger partial charge on any atom is -0.459 e. The molecule has 0 aromatic heterocycles. The van der Waals surface area contributed by atoms with Crippen LogP contribution in [-0.4, -0.2) is 18.9 Å². The highest BCUT2D eigenvalue weighted by atomic mass is 19.4. The van der Waals surface area contributed by atoms with E-state index < -0.39 is 17.6 Å². The molecule has 18 heavy (non-hydrogen) atoms. The fraction of sp³-hybridized carbons (Fsp3) is 0.500. The summed E-state index contributed by atoms with van der Waals surface area (Å²) < 4.78 is 43.5. The van der Waals surface area contributed by atoms with E-state index in [0.29, 0.717) is 24.2 Å². The average Bonchev–Trinajstić information content (AvgIpc) is 2.75. The van der Waals surface area contributed by atoms with E-state index >= 15 is 0 Å². The predicted molar refractivity (Wildman–Crippen MR) is 59.1 cm³/mol. The van der Waals surface area contributed by atoms with E-state index in [2.05, 4.69) is 10.6 Å². The fourth-order valence-corrected chi connectivity index (χ4v) is 2.44. The molecule has 1 spiro atoms. The maximum Gasteiger partial charge on any atom is 0.416 e. The molecule has 2 heterocycles. The van der Waals surface area contributed by atoms with E-state index in [1.165, 1.54) is 12.1 Å². The molecule has 1 aromatic rings. The van der Waals surface area contributed by atoms with Gasteiger partial charge in [-0.15, -0.1) is 0 Å². The summed E-state index contributed by atoms with van der Waals surface area (Å²) in [5.74, 6) is -0.0663. The summed E-state index contributed by atoms with van der Waals surface area (Å²) in [6.07, 6.45) is -3.10. The van der Waals surface area contributed by atoms with Gasteiger partial charge >= 0.3 is 6.18 Å². The highest BCUT2D eigenvalue weighted by Gasteiger charge is 2.39. The zero-order valence-electron chi connectivity index (χ0n) is 9.60. The van der Waals surface area contributed by atoms with Crippen LogP contribution in [0.4, 0.5) is 13.2 Å². The number of fused-ring (bicyclic) bond motifs is 1. The molecule has 3 nitrogen and oxygen atoms in total. The highest BCUT2D eigenvalue weighted by molar-refractivity contribution is 5.40. The smallest absolute Gasteiger partial charge is 0.416 e. The van der Waals surface area contributed by atoms with Crippen LogP contribution in [0.2, 0.25) is 0 Å². The van der Waals surface area contributed by atoms with Gasteiger partial charge in [0.15, 0.2) is 0 Å². The lowest BCUT2D eigenvalue weighted by atomic mass is 10.00. The summed E-state index contributed by atoms with van der Waals surface area (Å²) in [7, 11) is 0. The zero-order valence-corrected chi connectivity index (χ0v) is 9.60. The van der Waals surface area contributed by atoms with E-state index in [4.69, 9.17) is 4.74 Å². The Kier molecular flexibility index (Phi) is 2.53. The third-order valence-corrected chi connectivity index (χ3v) is 3.36. The van der Waals surface area contributed by atoms with Crippen molar-refractivity contribution in [3.63, 3.8) is 0 Å². The van der Waals surface area contributed by atoms with Crippen molar-refractivity contribution >= 4 is 0 Å². The van der Waals surface area contributed by atoms with Crippen LogP contribution >= 0.6 is 0 Å². The number of benzene rings is 1. The number of hydrogen-bond acceptors (Lipinski definition) is 3. The van der Waals surface area contributed by atoms with Gasteiger partial charge in [0.25, 0.3) is 0 Å². The van der Waals surface area contributed by atoms with Gasteiger partial charge in [-0.3, -0.25) is 10.6 Å². The van der Waals surface area contributed by atoms with Crippen molar-refractivity contribution in [2.24, 2.45) is 0 Å². The number of halogens is 3. The Balaban J connectivity index is 1.90. The Morgan fingerprint density at radius 3 is 2.56 bits per heavy atom. The second-order valence-corrected chi connectivity index (χ2v) is 4.60. The molecule has 0 saturated carbocycles. The summed E-state index contributed by atoms with van der Waals surface area (Å²) >= 11 is 0. The predicted octanol–water partition coefficient (Wildman–Crippen LogP) is 1.88. The summed E-state index contributed by atoms with van der Waals surface area (Å²) in [4.78, 5) is 0. The SMILES string of the molecule is FC(F)(F)c1ccc2c(c1)CCC1(NCCN1)O2. The third kappa shape index (κ3) is 1.95. The molecule has 2 aliphatic heterocycles. The summed E-state index contributed by atoms with van der Waals surface area (Å²) in [6, 6.07) is 3.64. The van der Waals surface area contributed by atoms with Crippen molar-refractivity contribution in [3.8, 4) is 5.75 Å². The number of rotatable bonds is 0. The van der Waals surface area contributed by atoms with Crippen molar-refractivity contribution in [1.29, 1.82) is 0 Å². The molecule has 98 valence electrons. The van der Waals surface area contributed by atoms with Crippen molar-refractivity contribution in [3.05, 3.63) is 29.3 Å². The Bertz CT molecular complexity index is 467. The number of hydrogen-bond donors (Lipinski definition) is 2. The molecule has 2 aliphatic rings. The first-order chi connectivity index (χ1) is 8.49. The standard InChI is InChI=1S/C12H13F3N2O/c13-12(14,15)9-1-2-10-8(7-9)3-4-11(18-10)16-5-6-17-11/h1-2,7,16-17H,3-6H2. The van der Waals surface area contributed by atoms with Gasteiger partial charge in [-0.25, -0.2) is 0 Å². The Hall–Kier alpha value is -1.27. The molecule has 6 heteroatoms. The molecular weight excluding hydrogens is 245 g/mol. The molecule has 0 radical (unpaired) electrons. The van der Waals surface area contributed by atoms with E-state index in [1.807, 2.05) is 0 Å². The maximum atomic E-state index is 12.6. The van der Waals surface area contributed by atoms with Crippen LogP contribution in [-0.2, 0) is 12.6 Å². The van der Waals surface area contributed by atoms with Crippen molar-refractivity contribution in [2.45, 2.75) is 24.9 Å². The quantitative estimate of drug-likeness (QED) is 0.745. The lowest BCUT2D eigenvalue weighted by Crippen LogP contribution is -2.56. The molecule has 0 bridgehead atoms. The highest BCUT2D eigenvalue weighted by Crippen LogP contribution is 2.37. The van der Waals surface area contributed by atoms with Gasteiger partial charge in [0, 0.05) is 19.5 Å². The van der Waals surface area contributed by atoms with Crippen LogP contribution in [0.3, 0.4) is 0 Å². The number of nitrogens with one attached hydrogen (secondary N) is 2. The van der Waals surface area contributed by atoms with Gasteiger partial charge in [-0.05, 0) is 30.2 Å². The van der Waals surface area contributed by atoms with Crippen LogP contribution in [0.1, 0.15) is 17.5 Å². The van der Waals surface area contributed by atoms with Crippen LogP contribution < -0.4 is 15.4 Å². The van der Waals surface area contributed by atoms with E-state index in [0.717, 1.165) is 19.2 Å². The van der Waals surface area contributed by atoms with Gasteiger partial charge in [0.05, 0.1) is 5.56 Å². The lowest BCUT2D eigenvalue weighted by molar-refractivity contribution is -0.137. The van der Waals surface area contributed by atoms with Gasteiger partial charge in [0.1, 0.15) is 5.75 Å². The number of aryl methyl sites for hydroxylation is 1. The molecule has 3 rings (SSSR count).